The maximum atomic E-state index is 14.2. The molecule has 1 aromatic carbocycles. The second kappa shape index (κ2) is 6.99. The molecule has 4 rings (SSSR count). The molecule has 4 aromatic rings. The van der Waals surface area contributed by atoms with Gasteiger partial charge in [-0.2, -0.15) is 0 Å². The van der Waals surface area contributed by atoms with Crippen molar-refractivity contribution in [3.63, 3.8) is 0 Å². The number of hydrogen-bond acceptors (Lipinski definition) is 5. The van der Waals surface area contributed by atoms with Crippen LogP contribution >= 0.6 is 0 Å². The van der Waals surface area contributed by atoms with Crippen molar-refractivity contribution in [1.82, 2.24) is 19.9 Å². The fraction of sp³-hybridized carbons (Fsp3) is 0. The van der Waals surface area contributed by atoms with Gasteiger partial charge >= 0.3 is 0 Å². The predicted octanol–water partition coefficient (Wildman–Crippen LogP) is 4.37. The van der Waals surface area contributed by atoms with E-state index in [2.05, 4.69) is 19.9 Å². The third-order valence-corrected chi connectivity index (χ3v) is 4.32. The highest BCUT2D eigenvalue weighted by Crippen LogP contribution is 2.31. The lowest BCUT2D eigenvalue weighted by atomic mass is 10.0. The first-order valence-electron chi connectivity index (χ1n) is 8.21. The lowest BCUT2D eigenvalue weighted by Crippen LogP contribution is -1.98. The summed E-state index contributed by atoms with van der Waals surface area (Å²) in [5.74, 6) is -2.56. The van der Waals surface area contributed by atoms with Crippen molar-refractivity contribution in [1.29, 1.82) is 5.41 Å². The van der Waals surface area contributed by atoms with Gasteiger partial charge < -0.3 is 15.5 Å². The Hall–Kier alpha value is -3.94. The molecule has 0 bridgehead atoms. The molecule has 3 heterocycles. The summed E-state index contributed by atoms with van der Waals surface area (Å²) in [7, 11) is 0. The average molecular weight is 377 g/mol. The number of halogens is 2. The maximum absolute atomic E-state index is 14.2. The highest BCUT2D eigenvalue weighted by Gasteiger charge is 2.18. The van der Waals surface area contributed by atoms with E-state index in [4.69, 9.17) is 5.41 Å². The minimum atomic E-state index is -1.13. The quantitative estimate of drug-likeness (QED) is 0.363. The number of aromatic amines is 1. The summed E-state index contributed by atoms with van der Waals surface area (Å²) in [5, 5.41) is 18.9. The summed E-state index contributed by atoms with van der Waals surface area (Å²) in [6.07, 6.45) is 8.58. The number of hydrogen-bond donors (Lipinski definition) is 3. The number of H-pyrrole nitrogens is 1. The lowest BCUT2D eigenvalue weighted by Gasteiger charge is -2.08. The molecule has 0 unspecified atom stereocenters. The number of aromatic nitrogens is 4. The molecule has 0 aliphatic heterocycles. The molecule has 3 aromatic heterocycles. The fourth-order valence-electron chi connectivity index (χ4n) is 2.94. The molecular weight excluding hydrogens is 364 g/mol. The van der Waals surface area contributed by atoms with E-state index in [-0.39, 0.29) is 16.9 Å². The van der Waals surface area contributed by atoms with Crippen LogP contribution in [0.25, 0.3) is 33.5 Å². The smallest absolute Gasteiger partial charge is 0.166 e. The van der Waals surface area contributed by atoms with Crippen molar-refractivity contribution in [2.75, 3.05) is 0 Å². The van der Waals surface area contributed by atoms with Crippen LogP contribution in [-0.2, 0) is 0 Å². The van der Waals surface area contributed by atoms with Crippen molar-refractivity contribution in [3.8, 4) is 11.1 Å². The summed E-state index contributed by atoms with van der Waals surface area (Å²) in [4.78, 5) is 15.2. The van der Waals surface area contributed by atoms with Crippen LogP contribution in [0.1, 0.15) is 11.1 Å². The Bertz CT molecular complexity index is 1220. The first kappa shape index (κ1) is 17.5. The molecule has 28 heavy (non-hydrogen) atoms. The molecule has 138 valence electrons. The standard InChI is InChI=1S/C20H13F2N5O/c21-17-3-1-2-13(18(17)22)15(5-23)19(28)16-9-27-20-14(16)4-11(8-26-20)12-6-24-10-25-7-12/h1-10,23,28H,(H,26,27)/b19-15+,23-5?. The molecule has 0 aliphatic carbocycles. The number of aliphatic hydroxyl groups is 1. The van der Waals surface area contributed by atoms with Crippen LogP contribution in [0.15, 0.2) is 55.4 Å². The van der Waals surface area contributed by atoms with Crippen molar-refractivity contribution < 1.29 is 13.9 Å². The molecule has 0 saturated heterocycles. The normalized spacial score (nSPS) is 12.1. The van der Waals surface area contributed by atoms with E-state index in [1.54, 1.807) is 24.7 Å². The van der Waals surface area contributed by atoms with E-state index >= 15 is 0 Å². The van der Waals surface area contributed by atoms with Gasteiger partial charge in [0.05, 0.1) is 0 Å². The zero-order valence-electron chi connectivity index (χ0n) is 14.3. The van der Waals surface area contributed by atoms with Gasteiger partial charge in [0.15, 0.2) is 11.6 Å². The van der Waals surface area contributed by atoms with Gasteiger partial charge in [0, 0.05) is 64.2 Å². The van der Waals surface area contributed by atoms with Crippen LogP contribution in [0.5, 0.6) is 0 Å². The molecule has 0 saturated carbocycles. The van der Waals surface area contributed by atoms with Gasteiger partial charge in [-0.1, -0.05) is 12.1 Å². The molecule has 0 spiro atoms. The molecule has 0 aliphatic rings. The van der Waals surface area contributed by atoms with Gasteiger partial charge in [0.2, 0.25) is 0 Å². The van der Waals surface area contributed by atoms with E-state index in [1.807, 2.05) is 0 Å². The monoisotopic (exact) mass is 377 g/mol. The number of pyridine rings is 1. The summed E-state index contributed by atoms with van der Waals surface area (Å²) >= 11 is 0. The average Bonchev–Trinajstić information content (AvgIpc) is 3.15. The first-order valence-corrected chi connectivity index (χ1v) is 8.21. The Morgan fingerprint density at radius 1 is 1.07 bits per heavy atom. The Morgan fingerprint density at radius 2 is 1.86 bits per heavy atom. The number of allylic oxidation sites excluding steroid dienone is 1. The molecule has 8 heteroatoms. The third kappa shape index (κ3) is 2.90. The van der Waals surface area contributed by atoms with E-state index in [0.29, 0.717) is 16.6 Å². The fourth-order valence-corrected chi connectivity index (χ4v) is 2.94. The van der Waals surface area contributed by atoms with E-state index in [1.165, 1.54) is 24.7 Å². The minimum Gasteiger partial charge on any atom is -0.507 e. The van der Waals surface area contributed by atoms with Crippen LogP contribution in [-0.4, -0.2) is 31.3 Å². The second-order valence-electron chi connectivity index (χ2n) is 5.96. The van der Waals surface area contributed by atoms with Gasteiger partial charge in [0.1, 0.15) is 17.7 Å². The summed E-state index contributed by atoms with van der Waals surface area (Å²) in [5.41, 5.74) is 1.90. The van der Waals surface area contributed by atoms with Crippen molar-refractivity contribution >= 4 is 28.6 Å². The summed E-state index contributed by atoms with van der Waals surface area (Å²) in [6, 6.07) is 5.36. The Morgan fingerprint density at radius 3 is 2.61 bits per heavy atom. The van der Waals surface area contributed by atoms with Crippen LogP contribution in [0.2, 0.25) is 0 Å². The number of rotatable bonds is 4. The van der Waals surface area contributed by atoms with Gasteiger partial charge in [-0.15, -0.1) is 0 Å². The minimum absolute atomic E-state index is 0.147. The summed E-state index contributed by atoms with van der Waals surface area (Å²) < 4.78 is 27.8. The molecule has 0 amide bonds. The van der Waals surface area contributed by atoms with E-state index in [9.17, 15) is 13.9 Å². The number of fused-ring (bicyclic) bond motifs is 1. The highest BCUT2D eigenvalue weighted by molar-refractivity contribution is 6.18. The van der Waals surface area contributed by atoms with Gasteiger partial charge in [0.25, 0.3) is 0 Å². The Balaban J connectivity index is 1.91. The highest BCUT2D eigenvalue weighted by atomic mass is 19.2. The zero-order valence-corrected chi connectivity index (χ0v) is 14.3. The van der Waals surface area contributed by atoms with Gasteiger partial charge in [-0.3, -0.25) is 0 Å². The maximum Gasteiger partial charge on any atom is 0.166 e. The largest absolute Gasteiger partial charge is 0.507 e. The SMILES string of the molecule is N=C/C(=C(\O)c1c[nH]c2ncc(-c3cncnc3)cc12)c1cccc(F)c1F. The number of benzene rings is 1. The van der Waals surface area contributed by atoms with Crippen LogP contribution in [0, 0.1) is 17.0 Å². The molecule has 3 N–H and O–H groups in total. The molecular formula is C20H13F2N5O. The third-order valence-electron chi connectivity index (χ3n) is 4.32. The number of nitrogens with one attached hydrogen (secondary N) is 2. The first-order chi connectivity index (χ1) is 13.6. The van der Waals surface area contributed by atoms with E-state index in [0.717, 1.165) is 23.4 Å². The lowest BCUT2D eigenvalue weighted by molar-refractivity contribution is 0.503. The van der Waals surface area contributed by atoms with E-state index < -0.39 is 11.6 Å². The van der Waals surface area contributed by atoms with Crippen LogP contribution in [0.3, 0.4) is 0 Å². The molecule has 0 radical (unpaired) electrons. The van der Waals surface area contributed by atoms with Crippen molar-refractivity contribution in [2.24, 2.45) is 0 Å². The molecule has 0 atom stereocenters. The van der Waals surface area contributed by atoms with Gasteiger partial charge in [-0.25, -0.2) is 23.7 Å². The summed E-state index contributed by atoms with van der Waals surface area (Å²) in [6.45, 7) is 0. The number of nitrogens with zero attached hydrogens (tertiary/aromatic N) is 3. The topological polar surface area (TPSA) is 98.5 Å². The second-order valence-corrected chi connectivity index (χ2v) is 5.96. The van der Waals surface area contributed by atoms with Crippen molar-refractivity contribution in [3.05, 3.63) is 78.1 Å². The van der Waals surface area contributed by atoms with Crippen LogP contribution < -0.4 is 0 Å². The van der Waals surface area contributed by atoms with Crippen LogP contribution in [0.4, 0.5) is 8.78 Å². The Kier molecular flexibility index (Phi) is 4.36. The van der Waals surface area contributed by atoms with Crippen molar-refractivity contribution in [2.45, 2.75) is 0 Å². The molecule has 6 nitrogen and oxygen atoms in total. The van der Waals surface area contributed by atoms with Gasteiger partial charge in [-0.05, 0) is 12.1 Å². The predicted molar refractivity (Wildman–Crippen MR) is 102 cm³/mol. The Labute approximate surface area is 157 Å². The molecule has 0 fully saturated rings. The zero-order chi connectivity index (χ0) is 19.7. The number of aliphatic hydroxyl groups excluding tert-OH is 1.